The van der Waals surface area contributed by atoms with E-state index in [2.05, 4.69) is 10.3 Å². The molecule has 7 heteroatoms. The quantitative estimate of drug-likeness (QED) is 0.219. The van der Waals surface area contributed by atoms with Crippen molar-refractivity contribution >= 4 is 34.5 Å². The van der Waals surface area contributed by atoms with Gasteiger partial charge >= 0.3 is 5.97 Å². The smallest absolute Gasteiger partial charge is 0.308 e. The predicted octanol–water partition coefficient (Wildman–Crippen LogP) is 5.50. The molecule has 0 unspecified atom stereocenters. The van der Waals surface area contributed by atoms with Crippen LogP contribution in [0.4, 0.5) is 5.69 Å². The lowest BCUT2D eigenvalue weighted by Crippen LogP contribution is -2.09. The number of carbonyl (C=O) groups is 2. The Bertz CT molecular complexity index is 1390. The second-order valence-electron chi connectivity index (χ2n) is 7.60. The number of fused-ring (bicyclic) bond motifs is 1. The van der Waals surface area contributed by atoms with Crippen molar-refractivity contribution in [2.45, 2.75) is 6.92 Å². The fraction of sp³-hybridized carbons (Fsp3) is 0.107. The van der Waals surface area contributed by atoms with Gasteiger partial charge < -0.3 is 19.5 Å². The van der Waals surface area contributed by atoms with E-state index in [1.54, 1.807) is 24.4 Å². The number of pyridine rings is 1. The molecule has 0 fully saturated rings. The number of anilines is 1. The highest BCUT2D eigenvalue weighted by molar-refractivity contribution is 6.08. The fourth-order valence-corrected chi connectivity index (χ4v) is 3.74. The summed E-state index contributed by atoms with van der Waals surface area (Å²) in [5.74, 6) is -0.0306. The summed E-state index contributed by atoms with van der Waals surface area (Å²) in [7, 11) is 2.92. The van der Waals surface area contributed by atoms with Crippen molar-refractivity contribution < 1.29 is 23.8 Å². The van der Waals surface area contributed by atoms with Gasteiger partial charge in [0.05, 0.1) is 31.6 Å². The van der Waals surface area contributed by atoms with Crippen LogP contribution in [0.1, 0.15) is 12.5 Å². The van der Waals surface area contributed by atoms with E-state index >= 15 is 0 Å². The molecule has 1 N–H and O–H groups in total. The third kappa shape index (κ3) is 5.30. The van der Waals surface area contributed by atoms with Crippen molar-refractivity contribution in [3.05, 3.63) is 84.6 Å². The number of esters is 1. The molecule has 7 nitrogen and oxygen atoms in total. The van der Waals surface area contributed by atoms with Crippen LogP contribution in [-0.2, 0) is 9.59 Å². The molecule has 35 heavy (non-hydrogen) atoms. The van der Waals surface area contributed by atoms with Crippen LogP contribution in [0.2, 0.25) is 0 Å². The Labute approximate surface area is 203 Å². The average Bonchev–Trinajstić information content (AvgIpc) is 2.88. The second kappa shape index (κ2) is 10.5. The van der Waals surface area contributed by atoms with Crippen molar-refractivity contribution in [3.8, 4) is 28.4 Å². The third-order valence-corrected chi connectivity index (χ3v) is 5.25. The molecule has 0 aliphatic rings. The van der Waals surface area contributed by atoms with Gasteiger partial charge in [0.15, 0.2) is 11.5 Å². The van der Waals surface area contributed by atoms with Crippen molar-refractivity contribution in [2.75, 3.05) is 19.5 Å². The first-order chi connectivity index (χ1) is 17.0. The zero-order valence-corrected chi connectivity index (χ0v) is 19.6. The first-order valence-corrected chi connectivity index (χ1v) is 10.9. The van der Waals surface area contributed by atoms with Crippen LogP contribution in [0.15, 0.2) is 79.0 Å². The molecular weight excluding hydrogens is 444 g/mol. The molecule has 0 saturated heterocycles. The normalized spacial score (nSPS) is 10.8. The lowest BCUT2D eigenvalue weighted by atomic mass is 9.99. The summed E-state index contributed by atoms with van der Waals surface area (Å²) < 4.78 is 15.9. The van der Waals surface area contributed by atoms with Gasteiger partial charge in [-0.15, -0.1) is 0 Å². The SMILES string of the molecule is COc1cc(C=CC(=O)Nc2cnc3ccccc3c2-c2ccccc2)cc(OC)c1OC(C)=O. The van der Waals surface area contributed by atoms with Crippen molar-refractivity contribution in [3.63, 3.8) is 0 Å². The Kier molecular flexibility index (Phi) is 7.07. The fourth-order valence-electron chi connectivity index (χ4n) is 3.74. The van der Waals surface area contributed by atoms with Crippen LogP contribution >= 0.6 is 0 Å². The standard InChI is InChI=1S/C28H24N2O5/c1-18(31)35-28-24(33-2)15-19(16-25(28)34-3)13-14-26(32)30-23-17-29-22-12-8-7-11-21(22)27(23)20-9-5-4-6-10-20/h4-17H,1-3H3,(H,30,32). The van der Waals surface area contributed by atoms with Gasteiger partial charge in [0.1, 0.15) is 0 Å². The Morgan fingerprint density at radius 2 is 1.57 bits per heavy atom. The number of methoxy groups -OCH3 is 2. The molecule has 0 radical (unpaired) electrons. The molecule has 176 valence electrons. The maximum Gasteiger partial charge on any atom is 0.308 e. The van der Waals surface area contributed by atoms with E-state index in [0.717, 1.165) is 22.0 Å². The van der Waals surface area contributed by atoms with Gasteiger partial charge in [-0.05, 0) is 35.4 Å². The monoisotopic (exact) mass is 468 g/mol. The number of nitrogens with zero attached hydrogens (tertiary/aromatic N) is 1. The first kappa shape index (κ1) is 23.5. The van der Waals surface area contributed by atoms with Crippen molar-refractivity contribution in [1.29, 1.82) is 0 Å². The molecule has 0 atom stereocenters. The molecule has 0 bridgehead atoms. The highest BCUT2D eigenvalue weighted by atomic mass is 16.6. The number of carbonyl (C=O) groups excluding carboxylic acids is 2. The minimum absolute atomic E-state index is 0.179. The minimum Gasteiger partial charge on any atom is -0.493 e. The van der Waals surface area contributed by atoms with E-state index in [4.69, 9.17) is 14.2 Å². The summed E-state index contributed by atoms with van der Waals surface area (Å²) in [6, 6.07) is 21.0. The van der Waals surface area contributed by atoms with Gasteiger partial charge in [-0.1, -0.05) is 48.5 Å². The van der Waals surface area contributed by atoms with E-state index in [1.165, 1.54) is 27.2 Å². The predicted molar refractivity (Wildman–Crippen MR) is 136 cm³/mol. The Hall–Kier alpha value is -4.65. The van der Waals surface area contributed by atoms with Crippen LogP contribution in [-0.4, -0.2) is 31.1 Å². The maximum absolute atomic E-state index is 12.9. The number of para-hydroxylation sites is 1. The molecule has 0 spiro atoms. The molecule has 3 aromatic carbocycles. The second-order valence-corrected chi connectivity index (χ2v) is 7.60. The van der Waals surface area contributed by atoms with Gasteiger partial charge in [0.25, 0.3) is 0 Å². The van der Waals surface area contributed by atoms with Crippen LogP contribution in [0.25, 0.3) is 28.1 Å². The molecule has 1 heterocycles. The molecule has 0 aliphatic heterocycles. The topological polar surface area (TPSA) is 86.8 Å². The van der Waals surface area contributed by atoms with E-state index in [-0.39, 0.29) is 11.7 Å². The largest absolute Gasteiger partial charge is 0.493 e. The summed E-state index contributed by atoms with van der Waals surface area (Å²) in [6.45, 7) is 1.29. The summed E-state index contributed by atoms with van der Waals surface area (Å²) in [6.07, 6.45) is 4.69. The number of nitrogens with one attached hydrogen (secondary N) is 1. The number of amides is 1. The summed E-state index contributed by atoms with van der Waals surface area (Å²) in [5.41, 5.74) is 3.94. The molecule has 0 aliphatic carbocycles. The van der Waals surface area contributed by atoms with Crippen LogP contribution in [0, 0.1) is 0 Å². The van der Waals surface area contributed by atoms with E-state index in [0.29, 0.717) is 22.7 Å². The molecule has 1 aromatic heterocycles. The number of rotatable bonds is 7. The van der Waals surface area contributed by atoms with Crippen LogP contribution in [0.5, 0.6) is 17.2 Å². The Balaban J connectivity index is 1.65. The first-order valence-electron chi connectivity index (χ1n) is 10.9. The number of ether oxygens (including phenoxy) is 3. The van der Waals surface area contributed by atoms with Crippen molar-refractivity contribution in [2.24, 2.45) is 0 Å². The van der Waals surface area contributed by atoms with E-state index in [9.17, 15) is 9.59 Å². The van der Waals surface area contributed by atoms with Crippen molar-refractivity contribution in [1.82, 2.24) is 4.98 Å². The van der Waals surface area contributed by atoms with E-state index < -0.39 is 5.97 Å². The summed E-state index contributed by atoms with van der Waals surface area (Å²) in [5, 5.41) is 3.89. The number of benzene rings is 3. The van der Waals surface area contributed by atoms with Gasteiger partial charge in [-0.25, -0.2) is 0 Å². The molecule has 1 amide bonds. The maximum atomic E-state index is 12.9. The van der Waals surface area contributed by atoms with Crippen LogP contribution < -0.4 is 19.5 Å². The molecule has 0 saturated carbocycles. The zero-order valence-electron chi connectivity index (χ0n) is 19.6. The summed E-state index contributed by atoms with van der Waals surface area (Å²) in [4.78, 5) is 28.8. The lowest BCUT2D eigenvalue weighted by Gasteiger charge is -2.14. The molecular formula is C28H24N2O5. The van der Waals surface area contributed by atoms with Gasteiger partial charge in [-0.2, -0.15) is 0 Å². The molecule has 4 rings (SSSR count). The van der Waals surface area contributed by atoms with Crippen LogP contribution in [0.3, 0.4) is 0 Å². The zero-order chi connectivity index (χ0) is 24.8. The third-order valence-electron chi connectivity index (χ3n) is 5.25. The average molecular weight is 469 g/mol. The lowest BCUT2D eigenvalue weighted by molar-refractivity contribution is -0.132. The number of aromatic nitrogens is 1. The highest BCUT2D eigenvalue weighted by Gasteiger charge is 2.16. The highest BCUT2D eigenvalue weighted by Crippen LogP contribution is 2.39. The van der Waals surface area contributed by atoms with Gasteiger partial charge in [0.2, 0.25) is 11.7 Å². The number of hydrogen-bond donors (Lipinski definition) is 1. The molecule has 4 aromatic rings. The van der Waals surface area contributed by atoms with Gasteiger partial charge in [0, 0.05) is 23.9 Å². The Morgan fingerprint density at radius 1 is 0.914 bits per heavy atom. The van der Waals surface area contributed by atoms with E-state index in [1.807, 2.05) is 54.6 Å². The Morgan fingerprint density at radius 3 is 2.23 bits per heavy atom. The minimum atomic E-state index is -0.498. The van der Waals surface area contributed by atoms with Gasteiger partial charge in [-0.3, -0.25) is 14.6 Å². The summed E-state index contributed by atoms with van der Waals surface area (Å²) >= 11 is 0. The number of hydrogen-bond acceptors (Lipinski definition) is 6.